The summed E-state index contributed by atoms with van der Waals surface area (Å²) in [5.41, 5.74) is 0.934. The molecule has 1 aromatic rings. The number of ether oxygens (including phenoxy) is 2. The summed E-state index contributed by atoms with van der Waals surface area (Å²) in [5.74, 6) is 1.45. The summed E-state index contributed by atoms with van der Waals surface area (Å²) < 4.78 is 11.7. The van der Waals surface area contributed by atoms with Crippen LogP contribution in [0.5, 0.6) is 11.5 Å². The van der Waals surface area contributed by atoms with Crippen molar-refractivity contribution in [3.63, 3.8) is 0 Å². The molecule has 0 saturated carbocycles. The van der Waals surface area contributed by atoms with Gasteiger partial charge in [-0.25, -0.2) is 0 Å². The number of rotatable bonds is 1. The Hall–Kier alpha value is -1.21. The number of benzene rings is 1. The first-order valence-corrected chi connectivity index (χ1v) is 5.05. The molecule has 1 aliphatic heterocycles. The van der Waals surface area contributed by atoms with E-state index < -0.39 is 0 Å². The molecule has 0 unspecified atom stereocenters. The van der Waals surface area contributed by atoms with Crippen LogP contribution in [0.2, 0.25) is 0 Å². The predicted molar refractivity (Wildman–Crippen MR) is 54.4 cm³/mol. The Morgan fingerprint density at radius 3 is 2.93 bits per heavy atom. The maximum atomic E-state index is 8.58. The van der Waals surface area contributed by atoms with Crippen molar-refractivity contribution in [1.82, 2.24) is 0 Å². The van der Waals surface area contributed by atoms with Crippen molar-refractivity contribution in [3.05, 3.63) is 22.2 Å². The smallest absolute Gasteiger partial charge is 0.175 e. The second kappa shape index (κ2) is 3.89. The van der Waals surface area contributed by atoms with E-state index in [4.69, 9.17) is 14.7 Å². The first-order valence-electron chi connectivity index (χ1n) is 4.26. The van der Waals surface area contributed by atoms with Crippen molar-refractivity contribution in [3.8, 4) is 17.6 Å². The van der Waals surface area contributed by atoms with Crippen LogP contribution in [0.3, 0.4) is 0 Å². The summed E-state index contributed by atoms with van der Waals surface area (Å²) in [4.78, 5) is 0. The minimum Gasteiger partial charge on any atom is -0.486 e. The lowest BCUT2D eigenvalue weighted by Gasteiger charge is -2.20. The van der Waals surface area contributed by atoms with Gasteiger partial charge in [-0.15, -0.1) is 0 Å². The lowest BCUT2D eigenvalue weighted by Crippen LogP contribution is -2.15. The molecule has 0 bridgehead atoms. The van der Waals surface area contributed by atoms with Gasteiger partial charge in [0.15, 0.2) is 11.5 Å². The standard InChI is InChI=1S/C10H8BrNO2/c11-8-5-7(1-2-12)6-9-10(8)14-4-3-13-9/h5-6H,1,3-4H2. The van der Waals surface area contributed by atoms with E-state index >= 15 is 0 Å². The average molecular weight is 254 g/mol. The topological polar surface area (TPSA) is 42.2 Å². The summed E-state index contributed by atoms with van der Waals surface area (Å²) in [6, 6.07) is 5.84. The molecule has 0 spiro atoms. The molecule has 14 heavy (non-hydrogen) atoms. The molecule has 0 saturated heterocycles. The van der Waals surface area contributed by atoms with Crippen molar-refractivity contribution in [2.24, 2.45) is 0 Å². The van der Waals surface area contributed by atoms with Gasteiger partial charge in [0.05, 0.1) is 17.0 Å². The lowest BCUT2D eigenvalue weighted by atomic mass is 10.1. The van der Waals surface area contributed by atoms with E-state index in [1.807, 2.05) is 12.1 Å². The van der Waals surface area contributed by atoms with Crippen LogP contribution in [0.15, 0.2) is 16.6 Å². The molecular weight excluding hydrogens is 246 g/mol. The van der Waals surface area contributed by atoms with Crippen LogP contribution in [-0.2, 0) is 6.42 Å². The van der Waals surface area contributed by atoms with Gasteiger partial charge in [-0.2, -0.15) is 5.26 Å². The zero-order chi connectivity index (χ0) is 9.97. The zero-order valence-corrected chi connectivity index (χ0v) is 9.00. The van der Waals surface area contributed by atoms with E-state index in [1.165, 1.54) is 0 Å². The number of fused-ring (bicyclic) bond motifs is 1. The van der Waals surface area contributed by atoms with Gasteiger partial charge in [0.25, 0.3) is 0 Å². The third-order valence-electron chi connectivity index (χ3n) is 1.94. The molecule has 0 N–H and O–H groups in total. The minimum atomic E-state index is 0.384. The first-order chi connectivity index (χ1) is 6.81. The highest BCUT2D eigenvalue weighted by atomic mass is 79.9. The summed E-state index contributed by atoms with van der Waals surface area (Å²) in [7, 11) is 0. The average Bonchev–Trinajstić information content (AvgIpc) is 2.18. The first kappa shape index (κ1) is 9.35. The summed E-state index contributed by atoms with van der Waals surface area (Å²) in [5, 5.41) is 8.58. The van der Waals surface area contributed by atoms with Crippen LogP contribution in [-0.4, -0.2) is 13.2 Å². The highest BCUT2D eigenvalue weighted by molar-refractivity contribution is 9.10. The van der Waals surface area contributed by atoms with E-state index in [9.17, 15) is 0 Å². The van der Waals surface area contributed by atoms with Gasteiger partial charge in [0.2, 0.25) is 0 Å². The van der Waals surface area contributed by atoms with Crippen molar-refractivity contribution >= 4 is 15.9 Å². The maximum Gasteiger partial charge on any atom is 0.175 e. The molecule has 0 fully saturated rings. The predicted octanol–water partition coefficient (Wildman–Crippen LogP) is 2.29. The number of hydrogen-bond donors (Lipinski definition) is 0. The minimum absolute atomic E-state index is 0.384. The lowest BCUT2D eigenvalue weighted by molar-refractivity contribution is 0.170. The Balaban J connectivity index is 2.42. The largest absolute Gasteiger partial charge is 0.486 e. The van der Waals surface area contributed by atoms with E-state index in [1.54, 1.807) is 0 Å². The van der Waals surface area contributed by atoms with Crippen LogP contribution < -0.4 is 9.47 Å². The van der Waals surface area contributed by atoms with Crippen molar-refractivity contribution in [2.45, 2.75) is 6.42 Å². The summed E-state index contributed by atoms with van der Waals surface area (Å²) >= 11 is 3.39. The third kappa shape index (κ3) is 1.68. The Kier molecular flexibility index (Phi) is 2.60. The van der Waals surface area contributed by atoms with Crippen LogP contribution >= 0.6 is 15.9 Å². The van der Waals surface area contributed by atoms with Gasteiger partial charge in [0, 0.05) is 0 Å². The molecule has 1 aliphatic rings. The highest BCUT2D eigenvalue weighted by Crippen LogP contribution is 2.38. The van der Waals surface area contributed by atoms with Gasteiger partial charge in [-0.1, -0.05) is 0 Å². The van der Waals surface area contributed by atoms with E-state index in [-0.39, 0.29) is 0 Å². The third-order valence-corrected chi connectivity index (χ3v) is 2.53. The zero-order valence-electron chi connectivity index (χ0n) is 7.42. The fourth-order valence-corrected chi connectivity index (χ4v) is 1.96. The monoisotopic (exact) mass is 253 g/mol. The molecule has 0 atom stereocenters. The van der Waals surface area contributed by atoms with Gasteiger partial charge >= 0.3 is 0 Å². The van der Waals surface area contributed by atoms with Gasteiger partial charge in [-0.3, -0.25) is 0 Å². The quantitative estimate of drug-likeness (QED) is 0.772. The SMILES string of the molecule is N#CCc1cc(Br)c2c(c1)OCCO2. The molecule has 4 heteroatoms. The fourth-order valence-electron chi connectivity index (χ4n) is 1.36. The Morgan fingerprint density at radius 2 is 2.14 bits per heavy atom. The molecule has 0 aliphatic carbocycles. The highest BCUT2D eigenvalue weighted by Gasteiger charge is 2.15. The summed E-state index contributed by atoms with van der Waals surface area (Å²) in [6.07, 6.45) is 0.384. The second-order valence-corrected chi connectivity index (χ2v) is 3.79. The molecule has 1 heterocycles. The Bertz CT molecular complexity index is 398. The normalized spacial score (nSPS) is 13.4. The van der Waals surface area contributed by atoms with Gasteiger partial charge in [-0.05, 0) is 33.6 Å². The second-order valence-electron chi connectivity index (χ2n) is 2.94. The van der Waals surface area contributed by atoms with Crippen molar-refractivity contribution in [1.29, 1.82) is 5.26 Å². The van der Waals surface area contributed by atoms with Crippen LogP contribution in [0.4, 0.5) is 0 Å². The van der Waals surface area contributed by atoms with Gasteiger partial charge < -0.3 is 9.47 Å². The molecule has 2 rings (SSSR count). The number of hydrogen-bond acceptors (Lipinski definition) is 3. The number of nitriles is 1. The van der Waals surface area contributed by atoms with Crippen LogP contribution in [0.25, 0.3) is 0 Å². The maximum absolute atomic E-state index is 8.58. The molecule has 1 aromatic carbocycles. The van der Waals surface area contributed by atoms with E-state index in [0.29, 0.717) is 19.6 Å². The molecular formula is C10H8BrNO2. The molecule has 72 valence electrons. The molecule has 0 amide bonds. The summed E-state index contributed by atoms with van der Waals surface area (Å²) in [6.45, 7) is 1.14. The fraction of sp³-hybridized carbons (Fsp3) is 0.300. The van der Waals surface area contributed by atoms with Gasteiger partial charge in [0.1, 0.15) is 13.2 Å². The Morgan fingerprint density at radius 1 is 1.36 bits per heavy atom. The molecule has 3 nitrogen and oxygen atoms in total. The van der Waals surface area contributed by atoms with Crippen molar-refractivity contribution < 1.29 is 9.47 Å². The number of halogens is 1. The van der Waals surface area contributed by atoms with Crippen LogP contribution in [0, 0.1) is 11.3 Å². The van der Waals surface area contributed by atoms with Crippen molar-refractivity contribution in [2.75, 3.05) is 13.2 Å². The molecule has 0 aromatic heterocycles. The molecule has 0 radical (unpaired) electrons. The van der Waals surface area contributed by atoms with E-state index in [0.717, 1.165) is 21.5 Å². The Labute approximate surface area is 90.4 Å². The van der Waals surface area contributed by atoms with Crippen LogP contribution in [0.1, 0.15) is 5.56 Å². The van der Waals surface area contributed by atoms with E-state index in [2.05, 4.69) is 22.0 Å². The number of nitrogens with zero attached hydrogens (tertiary/aromatic N) is 1.